The van der Waals surface area contributed by atoms with Gasteiger partial charge in [-0.3, -0.25) is 9.89 Å². The molecule has 1 heterocycles. The number of amides is 1. The lowest BCUT2D eigenvalue weighted by molar-refractivity contribution is -0.121. The SMILES string of the molecule is CC(C)CC(=O)NCCc1ccn[nH]1. The van der Waals surface area contributed by atoms with Gasteiger partial charge in [0.15, 0.2) is 0 Å². The Morgan fingerprint density at radius 2 is 2.43 bits per heavy atom. The zero-order chi connectivity index (χ0) is 10.4. The van der Waals surface area contributed by atoms with E-state index in [9.17, 15) is 4.79 Å². The molecular weight excluding hydrogens is 178 g/mol. The minimum Gasteiger partial charge on any atom is -0.356 e. The average molecular weight is 195 g/mol. The van der Waals surface area contributed by atoms with Crippen molar-refractivity contribution in [1.29, 1.82) is 0 Å². The monoisotopic (exact) mass is 195 g/mol. The van der Waals surface area contributed by atoms with Crippen molar-refractivity contribution < 1.29 is 4.79 Å². The lowest BCUT2D eigenvalue weighted by atomic mass is 10.1. The number of nitrogens with zero attached hydrogens (tertiary/aromatic N) is 1. The first kappa shape index (κ1) is 10.8. The molecule has 2 N–H and O–H groups in total. The van der Waals surface area contributed by atoms with Crippen LogP contribution in [0, 0.1) is 5.92 Å². The van der Waals surface area contributed by atoms with Gasteiger partial charge in [-0.1, -0.05) is 13.8 Å². The van der Waals surface area contributed by atoms with Crippen LogP contribution in [-0.2, 0) is 11.2 Å². The molecule has 0 aliphatic carbocycles. The van der Waals surface area contributed by atoms with E-state index in [1.54, 1.807) is 6.20 Å². The summed E-state index contributed by atoms with van der Waals surface area (Å²) in [6.45, 7) is 4.75. The molecule has 0 unspecified atom stereocenters. The predicted octanol–water partition coefficient (Wildman–Crippen LogP) is 1.11. The molecule has 0 saturated heterocycles. The highest BCUT2D eigenvalue weighted by molar-refractivity contribution is 5.75. The Morgan fingerprint density at radius 3 is 3.00 bits per heavy atom. The van der Waals surface area contributed by atoms with Crippen LogP contribution in [0.25, 0.3) is 0 Å². The van der Waals surface area contributed by atoms with Gasteiger partial charge in [0.2, 0.25) is 5.91 Å². The molecule has 14 heavy (non-hydrogen) atoms. The summed E-state index contributed by atoms with van der Waals surface area (Å²) in [5, 5.41) is 9.55. The topological polar surface area (TPSA) is 57.8 Å². The molecule has 0 atom stereocenters. The molecule has 0 saturated carbocycles. The predicted molar refractivity (Wildman–Crippen MR) is 54.8 cm³/mol. The molecule has 0 radical (unpaired) electrons. The van der Waals surface area contributed by atoms with Gasteiger partial charge >= 0.3 is 0 Å². The summed E-state index contributed by atoms with van der Waals surface area (Å²) in [5.41, 5.74) is 1.05. The van der Waals surface area contributed by atoms with Crippen LogP contribution in [0.2, 0.25) is 0 Å². The molecule has 0 spiro atoms. The third-order valence-electron chi connectivity index (χ3n) is 1.87. The van der Waals surface area contributed by atoms with E-state index in [0.29, 0.717) is 18.9 Å². The van der Waals surface area contributed by atoms with Crippen LogP contribution >= 0.6 is 0 Å². The minimum atomic E-state index is 0.125. The number of aromatic amines is 1. The maximum Gasteiger partial charge on any atom is 0.220 e. The maximum absolute atomic E-state index is 11.2. The lowest BCUT2D eigenvalue weighted by Gasteiger charge is -2.05. The third-order valence-corrected chi connectivity index (χ3v) is 1.87. The van der Waals surface area contributed by atoms with Crippen molar-refractivity contribution in [2.45, 2.75) is 26.7 Å². The molecule has 1 amide bonds. The second-order valence-corrected chi connectivity index (χ2v) is 3.78. The Morgan fingerprint density at radius 1 is 1.64 bits per heavy atom. The number of aromatic nitrogens is 2. The van der Waals surface area contributed by atoms with Gasteiger partial charge < -0.3 is 5.32 Å². The Bertz CT molecular complexity index is 267. The number of hydrogen-bond donors (Lipinski definition) is 2. The van der Waals surface area contributed by atoms with E-state index >= 15 is 0 Å². The van der Waals surface area contributed by atoms with Crippen LogP contribution in [0.3, 0.4) is 0 Å². The van der Waals surface area contributed by atoms with E-state index in [2.05, 4.69) is 15.5 Å². The van der Waals surface area contributed by atoms with Crippen LogP contribution in [-0.4, -0.2) is 22.6 Å². The van der Waals surface area contributed by atoms with E-state index in [0.717, 1.165) is 12.1 Å². The van der Waals surface area contributed by atoms with Crippen LogP contribution in [0.5, 0.6) is 0 Å². The first-order chi connectivity index (χ1) is 6.68. The Hall–Kier alpha value is -1.32. The molecule has 0 fully saturated rings. The molecule has 4 heteroatoms. The van der Waals surface area contributed by atoms with Crippen LogP contribution in [0.4, 0.5) is 0 Å². The van der Waals surface area contributed by atoms with Gasteiger partial charge in [0.05, 0.1) is 0 Å². The number of hydrogen-bond acceptors (Lipinski definition) is 2. The highest BCUT2D eigenvalue weighted by Gasteiger charge is 2.03. The molecule has 0 aliphatic rings. The smallest absolute Gasteiger partial charge is 0.220 e. The van der Waals surface area contributed by atoms with Gasteiger partial charge in [-0.2, -0.15) is 5.10 Å². The van der Waals surface area contributed by atoms with Crippen molar-refractivity contribution in [2.75, 3.05) is 6.54 Å². The normalized spacial score (nSPS) is 10.5. The van der Waals surface area contributed by atoms with Crippen molar-refractivity contribution in [3.05, 3.63) is 18.0 Å². The fourth-order valence-electron chi connectivity index (χ4n) is 1.20. The molecule has 1 rings (SSSR count). The van der Waals surface area contributed by atoms with E-state index in [-0.39, 0.29) is 5.91 Å². The van der Waals surface area contributed by atoms with Crippen LogP contribution in [0.1, 0.15) is 26.0 Å². The van der Waals surface area contributed by atoms with Crippen molar-refractivity contribution >= 4 is 5.91 Å². The van der Waals surface area contributed by atoms with E-state index < -0.39 is 0 Å². The summed E-state index contributed by atoms with van der Waals surface area (Å²) in [4.78, 5) is 11.2. The molecule has 0 bridgehead atoms. The molecule has 1 aromatic rings. The highest BCUT2D eigenvalue weighted by Crippen LogP contribution is 1.98. The van der Waals surface area contributed by atoms with E-state index in [1.165, 1.54) is 0 Å². The van der Waals surface area contributed by atoms with Gasteiger partial charge in [0.25, 0.3) is 0 Å². The summed E-state index contributed by atoms with van der Waals surface area (Å²) >= 11 is 0. The first-order valence-electron chi connectivity index (χ1n) is 4.93. The quantitative estimate of drug-likeness (QED) is 0.739. The Labute approximate surface area is 84.1 Å². The summed E-state index contributed by atoms with van der Waals surface area (Å²) < 4.78 is 0. The fraction of sp³-hybridized carbons (Fsp3) is 0.600. The molecule has 4 nitrogen and oxygen atoms in total. The number of nitrogens with one attached hydrogen (secondary N) is 2. The van der Waals surface area contributed by atoms with Gasteiger partial charge in [0.1, 0.15) is 0 Å². The van der Waals surface area contributed by atoms with Crippen molar-refractivity contribution in [3.63, 3.8) is 0 Å². The van der Waals surface area contributed by atoms with Crippen molar-refractivity contribution in [1.82, 2.24) is 15.5 Å². The lowest BCUT2D eigenvalue weighted by Crippen LogP contribution is -2.26. The van der Waals surface area contributed by atoms with E-state index in [4.69, 9.17) is 0 Å². The summed E-state index contributed by atoms with van der Waals surface area (Å²) in [6, 6.07) is 1.91. The van der Waals surface area contributed by atoms with Gasteiger partial charge in [-0.25, -0.2) is 0 Å². The summed E-state index contributed by atoms with van der Waals surface area (Å²) in [5.74, 6) is 0.543. The van der Waals surface area contributed by atoms with Gasteiger partial charge in [0, 0.05) is 31.3 Å². The molecule has 0 aliphatic heterocycles. The van der Waals surface area contributed by atoms with Crippen molar-refractivity contribution in [2.24, 2.45) is 5.92 Å². The first-order valence-corrected chi connectivity index (χ1v) is 4.93. The Kier molecular flexibility index (Phi) is 4.16. The second kappa shape index (κ2) is 5.42. The Balaban J connectivity index is 2.12. The standard InChI is InChI=1S/C10H17N3O/c1-8(2)7-10(14)11-5-3-9-4-6-12-13-9/h4,6,8H,3,5,7H2,1-2H3,(H,11,14)(H,12,13). The molecule has 0 aromatic carbocycles. The largest absolute Gasteiger partial charge is 0.356 e. The molecular formula is C10H17N3O. The van der Waals surface area contributed by atoms with E-state index in [1.807, 2.05) is 19.9 Å². The van der Waals surface area contributed by atoms with Gasteiger partial charge in [-0.15, -0.1) is 0 Å². The number of rotatable bonds is 5. The zero-order valence-corrected chi connectivity index (χ0v) is 8.71. The number of H-pyrrole nitrogens is 1. The van der Waals surface area contributed by atoms with Crippen molar-refractivity contribution in [3.8, 4) is 0 Å². The summed E-state index contributed by atoms with van der Waals surface area (Å²) in [7, 11) is 0. The number of carbonyl (C=O) groups excluding carboxylic acids is 1. The third kappa shape index (κ3) is 4.07. The highest BCUT2D eigenvalue weighted by atomic mass is 16.1. The number of carbonyl (C=O) groups is 1. The summed E-state index contributed by atoms with van der Waals surface area (Å²) in [6.07, 6.45) is 3.12. The minimum absolute atomic E-state index is 0.125. The maximum atomic E-state index is 11.2. The van der Waals surface area contributed by atoms with Crippen LogP contribution < -0.4 is 5.32 Å². The fourth-order valence-corrected chi connectivity index (χ4v) is 1.20. The molecule has 78 valence electrons. The molecule has 1 aromatic heterocycles. The van der Waals surface area contributed by atoms with Gasteiger partial charge in [-0.05, 0) is 12.0 Å². The second-order valence-electron chi connectivity index (χ2n) is 3.78. The average Bonchev–Trinajstić information content (AvgIpc) is 2.55. The zero-order valence-electron chi connectivity index (χ0n) is 8.71. The van der Waals surface area contributed by atoms with Crippen LogP contribution in [0.15, 0.2) is 12.3 Å².